The second kappa shape index (κ2) is 6.11. The van der Waals surface area contributed by atoms with E-state index in [4.69, 9.17) is 9.39 Å². The van der Waals surface area contributed by atoms with Crippen LogP contribution in [-0.4, -0.2) is 40.2 Å². The Morgan fingerprint density at radius 2 is 2.10 bits per heavy atom. The summed E-state index contributed by atoms with van der Waals surface area (Å²) >= 11 is 0. The molecule has 1 atom stereocenters. The molecule has 1 aliphatic rings. The number of aryl methyl sites for hydroxylation is 1. The van der Waals surface area contributed by atoms with Crippen molar-refractivity contribution in [2.45, 2.75) is 71.3 Å². The molecule has 1 saturated heterocycles. The van der Waals surface area contributed by atoms with Crippen LogP contribution in [0.15, 0.2) is 6.07 Å². The fourth-order valence-electron chi connectivity index (χ4n) is 2.28. The number of hydrogen-bond donors (Lipinski definition) is 1. The van der Waals surface area contributed by atoms with Crippen molar-refractivity contribution in [1.82, 2.24) is 9.78 Å². The highest BCUT2D eigenvalue weighted by Gasteiger charge is 2.36. The predicted molar refractivity (Wildman–Crippen MR) is 84.0 cm³/mol. The highest BCUT2D eigenvalue weighted by atomic mass is 16.5. The van der Waals surface area contributed by atoms with Gasteiger partial charge in [-0.3, -0.25) is 0 Å². The molecule has 1 aliphatic heterocycles. The van der Waals surface area contributed by atoms with Crippen LogP contribution < -0.4 is 5.59 Å². The summed E-state index contributed by atoms with van der Waals surface area (Å²) in [7, 11) is 0.414. The molecular weight excluding hydrogens is 267 g/mol. The molecule has 21 heavy (non-hydrogen) atoms. The molecule has 0 aliphatic carbocycles. The fraction of sp³-hybridized carbons (Fsp3) is 0.800. The molecule has 6 heteroatoms. The number of aliphatic hydroxyl groups is 1. The van der Waals surface area contributed by atoms with Gasteiger partial charge in [0, 0.05) is 12.2 Å². The molecule has 2 rings (SSSR count). The lowest BCUT2D eigenvalue weighted by atomic mass is 9.85. The Balaban J connectivity index is 2.10. The average molecular weight is 294 g/mol. The van der Waals surface area contributed by atoms with Crippen LogP contribution in [0.5, 0.6) is 0 Å². The van der Waals surface area contributed by atoms with Crippen molar-refractivity contribution in [3.05, 3.63) is 11.8 Å². The minimum atomic E-state index is -0.908. The van der Waals surface area contributed by atoms with Crippen molar-refractivity contribution in [1.29, 1.82) is 0 Å². The van der Waals surface area contributed by atoms with E-state index in [0.29, 0.717) is 7.48 Å². The normalized spacial score (nSPS) is 20.6. The van der Waals surface area contributed by atoms with Crippen molar-refractivity contribution in [2.75, 3.05) is 6.61 Å². The van der Waals surface area contributed by atoms with E-state index in [2.05, 4.69) is 5.10 Å². The lowest BCUT2D eigenvalue weighted by Gasteiger charge is -2.37. The number of nitrogens with zero attached hydrogens (tertiary/aromatic N) is 2. The highest BCUT2D eigenvalue weighted by molar-refractivity contribution is 6.46. The largest absolute Gasteiger partial charge is 0.425 e. The minimum Gasteiger partial charge on any atom is -0.425 e. The monoisotopic (exact) mass is 294 g/mol. The first-order valence-corrected chi connectivity index (χ1v) is 7.74. The van der Waals surface area contributed by atoms with Crippen LogP contribution >= 0.6 is 0 Å². The van der Waals surface area contributed by atoms with E-state index in [0.717, 1.165) is 30.7 Å². The first kappa shape index (κ1) is 16.5. The van der Waals surface area contributed by atoms with Gasteiger partial charge >= 0.3 is 7.48 Å². The van der Waals surface area contributed by atoms with Gasteiger partial charge < -0.3 is 14.5 Å². The van der Waals surface area contributed by atoms with E-state index >= 15 is 0 Å². The van der Waals surface area contributed by atoms with Gasteiger partial charge in [0.2, 0.25) is 0 Å². The molecule has 0 aromatic carbocycles. The Labute approximate surface area is 127 Å². The smallest absolute Gasteiger partial charge is 0.328 e. The molecule has 0 bridgehead atoms. The Bertz CT molecular complexity index is 474. The van der Waals surface area contributed by atoms with Gasteiger partial charge in [0.25, 0.3) is 0 Å². The zero-order valence-corrected chi connectivity index (χ0v) is 13.8. The molecule has 1 unspecified atom stereocenters. The first-order chi connectivity index (χ1) is 9.71. The maximum absolute atomic E-state index is 10.2. The second-order valence-corrected chi connectivity index (χ2v) is 6.90. The van der Waals surface area contributed by atoms with Gasteiger partial charge in [0.05, 0.1) is 16.9 Å². The van der Waals surface area contributed by atoms with Crippen molar-refractivity contribution >= 4 is 13.1 Å². The number of rotatable bonds is 5. The van der Waals surface area contributed by atoms with Crippen molar-refractivity contribution < 1.29 is 14.5 Å². The third kappa shape index (κ3) is 3.87. The van der Waals surface area contributed by atoms with Crippen LogP contribution in [0.2, 0.25) is 0 Å². The SMILES string of the molecule is Cc1cc(BOC(C)(C)C(C)(C)O)n(C2CCCCO2)n1. The summed E-state index contributed by atoms with van der Waals surface area (Å²) in [6.45, 7) is 10.1. The lowest BCUT2D eigenvalue weighted by molar-refractivity contribution is -0.0897. The lowest BCUT2D eigenvalue weighted by Crippen LogP contribution is -2.50. The molecular formula is C15H27BN2O3. The molecule has 1 aromatic rings. The summed E-state index contributed by atoms with van der Waals surface area (Å²) in [6.07, 6.45) is 3.28. The Morgan fingerprint density at radius 1 is 1.38 bits per heavy atom. The van der Waals surface area contributed by atoms with Gasteiger partial charge in [0.1, 0.15) is 6.23 Å². The second-order valence-electron chi connectivity index (χ2n) is 6.90. The molecule has 1 aromatic heterocycles. The Hall–Kier alpha value is -0.845. The summed E-state index contributed by atoms with van der Waals surface area (Å²) < 4.78 is 13.7. The van der Waals surface area contributed by atoms with Crippen LogP contribution in [-0.2, 0) is 9.39 Å². The van der Waals surface area contributed by atoms with Gasteiger partial charge in [-0.25, -0.2) is 4.68 Å². The Kier molecular flexibility index (Phi) is 4.80. The summed E-state index contributed by atoms with van der Waals surface area (Å²) in [4.78, 5) is 0. The summed E-state index contributed by atoms with van der Waals surface area (Å²) in [5.74, 6) is 0. The predicted octanol–water partition coefficient (Wildman–Crippen LogP) is 1.43. The zero-order valence-electron chi connectivity index (χ0n) is 13.8. The van der Waals surface area contributed by atoms with Crippen LogP contribution in [0.25, 0.3) is 0 Å². The first-order valence-electron chi connectivity index (χ1n) is 7.74. The minimum absolute atomic E-state index is 0.0105. The quantitative estimate of drug-likeness (QED) is 0.835. The van der Waals surface area contributed by atoms with Gasteiger partial charge in [-0.2, -0.15) is 5.10 Å². The zero-order chi connectivity index (χ0) is 15.7. The van der Waals surface area contributed by atoms with Crippen LogP contribution in [0.1, 0.15) is 58.9 Å². The molecule has 2 heterocycles. The number of aromatic nitrogens is 2. The molecule has 0 saturated carbocycles. The molecule has 0 amide bonds. The van der Waals surface area contributed by atoms with E-state index in [9.17, 15) is 5.11 Å². The summed E-state index contributed by atoms with van der Waals surface area (Å²) in [6, 6.07) is 2.03. The third-order valence-electron chi connectivity index (χ3n) is 4.42. The molecule has 0 spiro atoms. The van der Waals surface area contributed by atoms with Gasteiger partial charge in [-0.15, -0.1) is 0 Å². The average Bonchev–Trinajstić information content (AvgIpc) is 2.77. The summed E-state index contributed by atoms with van der Waals surface area (Å²) in [5.41, 5.74) is 0.415. The van der Waals surface area contributed by atoms with Gasteiger partial charge in [-0.1, -0.05) is 0 Å². The van der Waals surface area contributed by atoms with Crippen molar-refractivity contribution in [3.8, 4) is 0 Å². The number of hydrogen-bond acceptors (Lipinski definition) is 4. The van der Waals surface area contributed by atoms with Gasteiger partial charge in [0.15, 0.2) is 0 Å². The van der Waals surface area contributed by atoms with E-state index in [-0.39, 0.29) is 6.23 Å². The topological polar surface area (TPSA) is 56.5 Å². The summed E-state index contributed by atoms with van der Waals surface area (Å²) in [5, 5.41) is 14.7. The van der Waals surface area contributed by atoms with E-state index < -0.39 is 11.2 Å². The molecule has 1 fully saturated rings. The molecule has 1 N–H and O–H groups in total. The highest BCUT2D eigenvalue weighted by Crippen LogP contribution is 2.25. The van der Waals surface area contributed by atoms with E-state index in [1.54, 1.807) is 13.8 Å². The third-order valence-corrected chi connectivity index (χ3v) is 4.42. The maximum atomic E-state index is 10.2. The Morgan fingerprint density at radius 3 is 2.67 bits per heavy atom. The fourth-order valence-corrected chi connectivity index (χ4v) is 2.28. The van der Waals surface area contributed by atoms with Crippen LogP contribution in [0.4, 0.5) is 0 Å². The maximum Gasteiger partial charge on any atom is 0.328 e. The van der Waals surface area contributed by atoms with Crippen LogP contribution in [0.3, 0.4) is 0 Å². The molecule has 5 nitrogen and oxygen atoms in total. The van der Waals surface area contributed by atoms with Crippen LogP contribution in [0, 0.1) is 6.92 Å². The van der Waals surface area contributed by atoms with Crippen molar-refractivity contribution in [2.24, 2.45) is 0 Å². The standard InChI is InChI=1S/C15H27BN2O3/c1-11-10-12(16-21-15(4,5)14(2,3)19)18(17-11)13-8-6-7-9-20-13/h10,13,16,19H,6-9H2,1-5H3. The van der Waals surface area contributed by atoms with E-state index in [1.807, 2.05) is 31.5 Å². The number of ether oxygens (including phenoxy) is 1. The van der Waals surface area contributed by atoms with Crippen molar-refractivity contribution in [3.63, 3.8) is 0 Å². The molecule has 118 valence electrons. The van der Waals surface area contributed by atoms with Gasteiger partial charge in [-0.05, 0) is 59.9 Å². The molecule has 0 radical (unpaired) electrons. The van der Waals surface area contributed by atoms with E-state index in [1.165, 1.54) is 6.42 Å².